The minimum absolute atomic E-state index is 0.0146. The standard InChI is InChI=1S/C19H21FN2O/c1-19-11-22-12-21-18(13-5-7-16(20)8-6-13)17(22)9-14(19)3-2-4-15(19)10-23/h5-9,12,15,23H,2-4,10-11H2,1H3/t15-,19+/m1/s1. The van der Waals surface area contributed by atoms with Crippen molar-refractivity contribution in [3.8, 4) is 11.3 Å². The summed E-state index contributed by atoms with van der Waals surface area (Å²) in [5, 5.41) is 9.76. The van der Waals surface area contributed by atoms with Crippen LogP contribution in [0.15, 0.2) is 36.2 Å². The van der Waals surface area contributed by atoms with Crippen molar-refractivity contribution in [2.24, 2.45) is 11.3 Å². The number of hydrogen-bond acceptors (Lipinski definition) is 2. The molecule has 4 heteroatoms. The van der Waals surface area contributed by atoms with Crippen LogP contribution in [0, 0.1) is 17.2 Å². The summed E-state index contributed by atoms with van der Waals surface area (Å²) in [6, 6.07) is 6.51. The summed E-state index contributed by atoms with van der Waals surface area (Å²) in [5.74, 6) is 0.0816. The van der Waals surface area contributed by atoms with Crippen molar-refractivity contribution in [3.05, 3.63) is 47.7 Å². The molecule has 1 fully saturated rings. The Morgan fingerprint density at radius 1 is 1.35 bits per heavy atom. The molecular formula is C19H21FN2O. The third-order valence-corrected chi connectivity index (χ3v) is 5.66. The number of aromatic nitrogens is 2. The zero-order chi connectivity index (χ0) is 16.0. The largest absolute Gasteiger partial charge is 0.396 e. The highest BCUT2D eigenvalue weighted by molar-refractivity contribution is 5.72. The first-order valence-electron chi connectivity index (χ1n) is 8.25. The Morgan fingerprint density at radius 3 is 2.87 bits per heavy atom. The predicted octanol–water partition coefficient (Wildman–Crippen LogP) is 3.88. The lowest BCUT2D eigenvalue weighted by molar-refractivity contribution is 0.0848. The first-order valence-corrected chi connectivity index (χ1v) is 8.25. The summed E-state index contributed by atoms with van der Waals surface area (Å²) in [6.45, 7) is 3.36. The van der Waals surface area contributed by atoms with E-state index in [-0.39, 0.29) is 17.8 Å². The van der Waals surface area contributed by atoms with Crippen molar-refractivity contribution >= 4 is 6.08 Å². The molecule has 1 aromatic carbocycles. The summed E-state index contributed by atoms with van der Waals surface area (Å²) in [5.41, 5.74) is 4.38. The fourth-order valence-electron chi connectivity index (χ4n) is 4.18. The number of nitrogens with zero attached hydrogens (tertiary/aromatic N) is 2. The normalized spacial score (nSPS) is 26.4. The van der Waals surface area contributed by atoms with Crippen LogP contribution in [0.2, 0.25) is 0 Å². The lowest BCUT2D eigenvalue weighted by atomic mass is 9.63. The van der Waals surface area contributed by atoms with Crippen LogP contribution >= 0.6 is 0 Å². The van der Waals surface area contributed by atoms with Crippen molar-refractivity contribution in [1.82, 2.24) is 9.55 Å². The molecule has 1 saturated carbocycles. The smallest absolute Gasteiger partial charge is 0.123 e. The number of allylic oxidation sites excluding steroid dienone is 1. The number of hydrogen-bond donors (Lipinski definition) is 1. The summed E-state index contributed by atoms with van der Waals surface area (Å²) >= 11 is 0. The lowest BCUT2D eigenvalue weighted by Gasteiger charge is -2.45. The minimum Gasteiger partial charge on any atom is -0.396 e. The van der Waals surface area contributed by atoms with Gasteiger partial charge in [0.25, 0.3) is 0 Å². The molecule has 0 saturated heterocycles. The number of aliphatic hydroxyl groups is 1. The van der Waals surface area contributed by atoms with Gasteiger partial charge in [-0.05, 0) is 55.5 Å². The van der Waals surface area contributed by atoms with E-state index in [0.29, 0.717) is 5.92 Å². The van der Waals surface area contributed by atoms with Crippen molar-refractivity contribution < 1.29 is 9.50 Å². The van der Waals surface area contributed by atoms with E-state index in [0.717, 1.165) is 42.8 Å². The van der Waals surface area contributed by atoms with Gasteiger partial charge in [-0.1, -0.05) is 12.5 Å². The summed E-state index contributed by atoms with van der Waals surface area (Å²) < 4.78 is 15.3. The third kappa shape index (κ3) is 2.24. The second kappa shape index (κ2) is 5.31. The molecule has 0 amide bonds. The summed E-state index contributed by atoms with van der Waals surface area (Å²) in [6.07, 6.45) is 7.42. The van der Waals surface area contributed by atoms with Crippen LogP contribution in [0.5, 0.6) is 0 Å². The van der Waals surface area contributed by atoms with Gasteiger partial charge in [0, 0.05) is 24.1 Å². The molecule has 2 aliphatic rings. The summed E-state index contributed by atoms with van der Waals surface area (Å²) in [7, 11) is 0. The first kappa shape index (κ1) is 14.6. The molecule has 1 N–H and O–H groups in total. The van der Waals surface area contributed by atoms with E-state index in [2.05, 4.69) is 22.6 Å². The molecule has 0 radical (unpaired) electrons. The Kier molecular flexibility index (Phi) is 3.38. The average molecular weight is 312 g/mol. The molecule has 1 aliphatic heterocycles. The van der Waals surface area contributed by atoms with Gasteiger partial charge in [0.2, 0.25) is 0 Å². The predicted molar refractivity (Wildman–Crippen MR) is 88.1 cm³/mol. The van der Waals surface area contributed by atoms with Gasteiger partial charge in [-0.25, -0.2) is 9.37 Å². The maximum Gasteiger partial charge on any atom is 0.123 e. The second-order valence-electron chi connectivity index (χ2n) is 6.97. The SMILES string of the molecule is C[C@]12Cn3cnc(-c4ccc(F)cc4)c3C=C1CCC[C@@H]2CO. The van der Waals surface area contributed by atoms with E-state index >= 15 is 0 Å². The Morgan fingerprint density at radius 2 is 2.13 bits per heavy atom. The van der Waals surface area contributed by atoms with Gasteiger partial charge in [-0.3, -0.25) is 0 Å². The van der Waals surface area contributed by atoms with Gasteiger partial charge in [0.05, 0.1) is 17.7 Å². The maximum absolute atomic E-state index is 13.2. The zero-order valence-corrected chi connectivity index (χ0v) is 13.3. The molecule has 2 heterocycles. The molecule has 0 spiro atoms. The highest BCUT2D eigenvalue weighted by Gasteiger charge is 2.42. The molecule has 120 valence electrons. The Hall–Kier alpha value is -1.94. The van der Waals surface area contributed by atoms with E-state index in [1.165, 1.54) is 17.7 Å². The Labute approximate surface area is 135 Å². The van der Waals surface area contributed by atoms with Gasteiger partial charge in [0.1, 0.15) is 5.82 Å². The van der Waals surface area contributed by atoms with E-state index in [4.69, 9.17) is 0 Å². The van der Waals surface area contributed by atoms with Gasteiger partial charge in [0.15, 0.2) is 0 Å². The van der Waals surface area contributed by atoms with E-state index < -0.39 is 0 Å². The Balaban J connectivity index is 1.79. The lowest BCUT2D eigenvalue weighted by Crippen LogP contribution is -2.40. The van der Waals surface area contributed by atoms with E-state index in [1.807, 2.05) is 6.33 Å². The second-order valence-corrected chi connectivity index (χ2v) is 6.97. The molecule has 4 rings (SSSR count). The van der Waals surface area contributed by atoms with Crippen LogP contribution in [-0.4, -0.2) is 21.3 Å². The molecule has 23 heavy (non-hydrogen) atoms. The number of aliphatic hydroxyl groups excluding tert-OH is 1. The molecular weight excluding hydrogens is 291 g/mol. The van der Waals surface area contributed by atoms with Crippen LogP contribution in [0.4, 0.5) is 4.39 Å². The highest BCUT2D eigenvalue weighted by atomic mass is 19.1. The first-order chi connectivity index (χ1) is 11.1. The van der Waals surface area contributed by atoms with Gasteiger partial charge in [-0.15, -0.1) is 0 Å². The molecule has 2 aromatic rings. The van der Waals surface area contributed by atoms with Crippen LogP contribution in [-0.2, 0) is 6.54 Å². The van der Waals surface area contributed by atoms with Crippen LogP contribution < -0.4 is 0 Å². The fraction of sp³-hybridized carbons (Fsp3) is 0.421. The third-order valence-electron chi connectivity index (χ3n) is 5.66. The van der Waals surface area contributed by atoms with Gasteiger partial charge in [-0.2, -0.15) is 0 Å². The van der Waals surface area contributed by atoms with Crippen LogP contribution in [0.3, 0.4) is 0 Å². The minimum atomic E-state index is -0.231. The van der Waals surface area contributed by atoms with E-state index in [9.17, 15) is 9.50 Å². The Bertz CT molecular complexity index is 762. The number of rotatable bonds is 2. The maximum atomic E-state index is 13.2. The van der Waals surface area contributed by atoms with Crippen molar-refractivity contribution in [3.63, 3.8) is 0 Å². The quantitative estimate of drug-likeness (QED) is 0.913. The number of fused-ring (bicyclic) bond motifs is 2. The number of imidazole rings is 1. The fourth-order valence-corrected chi connectivity index (χ4v) is 4.18. The molecule has 1 aliphatic carbocycles. The zero-order valence-electron chi connectivity index (χ0n) is 13.3. The molecule has 0 bridgehead atoms. The molecule has 0 unspecified atom stereocenters. The number of halogens is 1. The molecule has 2 atom stereocenters. The van der Waals surface area contributed by atoms with Crippen molar-refractivity contribution in [2.75, 3.05) is 6.61 Å². The monoisotopic (exact) mass is 312 g/mol. The van der Waals surface area contributed by atoms with E-state index in [1.54, 1.807) is 12.1 Å². The van der Waals surface area contributed by atoms with Gasteiger partial charge >= 0.3 is 0 Å². The van der Waals surface area contributed by atoms with Crippen molar-refractivity contribution in [1.29, 1.82) is 0 Å². The van der Waals surface area contributed by atoms with Crippen LogP contribution in [0.1, 0.15) is 31.9 Å². The van der Waals surface area contributed by atoms with Crippen LogP contribution in [0.25, 0.3) is 17.3 Å². The van der Waals surface area contributed by atoms with Gasteiger partial charge < -0.3 is 9.67 Å². The number of benzene rings is 1. The molecule has 1 aromatic heterocycles. The van der Waals surface area contributed by atoms with Crippen molar-refractivity contribution in [2.45, 2.75) is 32.7 Å². The topological polar surface area (TPSA) is 38.0 Å². The summed E-state index contributed by atoms with van der Waals surface area (Å²) in [4.78, 5) is 4.57. The average Bonchev–Trinajstić information content (AvgIpc) is 2.94. The molecule has 3 nitrogen and oxygen atoms in total. The highest BCUT2D eigenvalue weighted by Crippen LogP contribution is 2.49.